The topological polar surface area (TPSA) is 123 Å². The van der Waals surface area contributed by atoms with Crippen LogP contribution in [-0.4, -0.2) is 68.1 Å². The molecular weight excluding hydrogens is 590 g/mol. The van der Waals surface area contributed by atoms with E-state index in [1.165, 1.54) is 19.2 Å². The first-order chi connectivity index (χ1) is 21.5. The van der Waals surface area contributed by atoms with Gasteiger partial charge in [0.15, 0.2) is 0 Å². The summed E-state index contributed by atoms with van der Waals surface area (Å²) in [5, 5.41) is 3.46. The Bertz CT molecular complexity index is 1670. The third kappa shape index (κ3) is 6.12. The second-order valence-electron chi connectivity index (χ2n) is 13.3. The maximum absolute atomic E-state index is 14.4. The lowest BCUT2D eigenvalue weighted by molar-refractivity contribution is -0.0369. The number of hydrogen-bond acceptors (Lipinski definition) is 8. The van der Waals surface area contributed by atoms with Crippen molar-refractivity contribution >= 4 is 21.9 Å². The Labute approximate surface area is 266 Å². The quantitative estimate of drug-likeness (QED) is 0.386. The molecule has 1 amide bonds. The number of nitrogens with one attached hydrogen (secondary N) is 2. The van der Waals surface area contributed by atoms with Gasteiger partial charge in [0.2, 0.25) is 11.7 Å². The number of piperidine rings is 1. The summed E-state index contributed by atoms with van der Waals surface area (Å²) in [6.07, 6.45) is 4.74. The number of nitrogens with zero attached hydrogens (tertiary/aromatic N) is 3. The molecule has 10 nitrogen and oxygen atoms in total. The van der Waals surface area contributed by atoms with Crippen LogP contribution in [0.15, 0.2) is 47.4 Å². The van der Waals surface area contributed by atoms with Gasteiger partial charge in [-0.25, -0.2) is 18.1 Å². The predicted molar refractivity (Wildman–Crippen MR) is 173 cm³/mol. The fourth-order valence-electron chi connectivity index (χ4n) is 7.35. The van der Waals surface area contributed by atoms with Crippen LogP contribution >= 0.6 is 0 Å². The van der Waals surface area contributed by atoms with Gasteiger partial charge in [-0.05, 0) is 99.7 Å². The van der Waals surface area contributed by atoms with Crippen molar-refractivity contribution in [3.05, 3.63) is 59.2 Å². The number of aromatic nitrogens is 2. The number of aryl methyl sites for hydroxylation is 2. The van der Waals surface area contributed by atoms with Gasteiger partial charge in [-0.2, -0.15) is 4.98 Å². The molecule has 1 aliphatic carbocycles. The molecule has 0 unspecified atom stereocenters. The molecule has 4 bridgehead atoms. The van der Waals surface area contributed by atoms with Crippen LogP contribution in [0.2, 0.25) is 0 Å². The number of rotatable bonds is 5. The van der Waals surface area contributed by atoms with Gasteiger partial charge in [0.05, 0.1) is 18.0 Å². The molecule has 1 saturated heterocycles. The molecule has 1 atom stereocenters. The van der Waals surface area contributed by atoms with Crippen molar-refractivity contribution in [3.63, 3.8) is 0 Å². The third-order valence-corrected chi connectivity index (χ3v) is 10.9. The standard InChI is InChI=1S/C34H43N5O5S/c1-21(2)16-25-20-44-31-30(43-5)29(28-22(3)8-6-9-23(28)4)36-33(37-31)38-45(41,42)27-11-7-10-24(17-27)32(40)39(25)26-18-34(19-26)12-14-35-15-13-34/h6-11,17,21,25-26,35H,12-16,18-20H2,1-5H3,(H,36,37,38)/t25-/m1/s1. The number of ether oxygens (including phenoxy) is 2. The first-order valence-corrected chi connectivity index (χ1v) is 17.3. The minimum atomic E-state index is -4.15. The van der Waals surface area contributed by atoms with Gasteiger partial charge in [0.25, 0.3) is 21.8 Å². The number of carbonyl (C=O) groups excluding carboxylic acids is 1. The maximum Gasteiger partial charge on any atom is 0.264 e. The summed E-state index contributed by atoms with van der Waals surface area (Å²) in [6.45, 7) is 10.4. The van der Waals surface area contributed by atoms with E-state index in [-0.39, 0.29) is 52.7 Å². The Morgan fingerprint density at radius 1 is 1.07 bits per heavy atom. The molecule has 1 aromatic heterocycles. The molecule has 0 radical (unpaired) electrons. The van der Waals surface area contributed by atoms with Crippen molar-refractivity contribution in [1.29, 1.82) is 0 Å². The van der Waals surface area contributed by atoms with Crippen molar-refractivity contribution in [2.24, 2.45) is 11.3 Å². The lowest BCUT2D eigenvalue weighted by atomic mass is 9.60. The van der Waals surface area contributed by atoms with Gasteiger partial charge in [0, 0.05) is 17.2 Å². The highest BCUT2D eigenvalue weighted by Gasteiger charge is 2.49. The summed E-state index contributed by atoms with van der Waals surface area (Å²) in [5.41, 5.74) is 3.71. The first-order valence-electron chi connectivity index (χ1n) is 15.8. The summed E-state index contributed by atoms with van der Waals surface area (Å²) in [4.78, 5) is 25.6. The number of hydrogen-bond donors (Lipinski definition) is 2. The summed E-state index contributed by atoms with van der Waals surface area (Å²) in [7, 11) is -2.63. The fourth-order valence-corrected chi connectivity index (χ4v) is 8.34. The SMILES string of the molecule is COc1c2nc(nc1-c1c(C)cccc1C)NS(=O)(=O)c1cccc(c1)C(=O)N(C1CC3(CCNCC3)C1)[C@H](CC(C)C)CO2. The zero-order valence-corrected chi connectivity index (χ0v) is 27.5. The highest BCUT2D eigenvalue weighted by Crippen LogP contribution is 2.51. The lowest BCUT2D eigenvalue weighted by Gasteiger charge is -2.55. The van der Waals surface area contributed by atoms with Crippen LogP contribution < -0.4 is 19.5 Å². The second-order valence-corrected chi connectivity index (χ2v) is 14.9. The Morgan fingerprint density at radius 3 is 2.42 bits per heavy atom. The molecule has 1 spiro atoms. The Kier molecular flexibility index (Phi) is 8.51. The van der Waals surface area contributed by atoms with Crippen LogP contribution in [0.5, 0.6) is 11.6 Å². The molecule has 2 fully saturated rings. The molecule has 1 saturated carbocycles. The van der Waals surface area contributed by atoms with E-state index in [4.69, 9.17) is 9.47 Å². The zero-order chi connectivity index (χ0) is 31.9. The monoisotopic (exact) mass is 633 g/mol. The molecule has 2 aromatic carbocycles. The van der Waals surface area contributed by atoms with E-state index in [2.05, 4.69) is 33.9 Å². The Hall–Kier alpha value is -3.70. The van der Waals surface area contributed by atoms with E-state index in [9.17, 15) is 13.2 Å². The van der Waals surface area contributed by atoms with Gasteiger partial charge in [-0.1, -0.05) is 38.1 Å². The number of carbonyl (C=O) groups is 1. The lowest BCUT2D eigenvalue weighted by Crippen LogP contribution is -2.59. The van der Waals surface area contributed by atoms with Crippen molar-refractivity contribution in [1.82, 2.24) is 20.2 Å². The van der Waals surface area contributed by atoms with Crippen molar-refractivity contribution in [2.45, 2.75) is 76.8 Å². The van der Waals surface area contributed by atoms with Crippen LogP contribution in [0.4, 0.5) is 5.95 Å². The minimum absolute atomic E-state index is 0.0273. The van der Waals surface area contributed by atoms with Crippen LogP contribution in [0.25, 0.3) is 11.3 Å². The number of anilines is 1. The largest absolute Gasteiger partial charge is 0.490 e. The van der Waals surface area contributed by atoms with E-state index in [1.54, 1.807) is 12.1 Å². The van der Waals surface area contributed by atoms with Gasteiger partial charge in [-0.15, -0.1) is 0 Å². The van der Waals surface area contributed by atoms with Crippen molar-refractivity contribution in [2.75, 3.05) is 31.5 Å². The molecule has 3 aliphatic rings. The summed E-state index contributed by atoms with van der Waals surface area (Å²) < 4.78 is 42.3. The Morgan fingerprint density at radius 2 is 1.76 bits per heavy atom. The average molecular weight is 634 g/mol. The van der Waals surface area contributed by atoms with E-state index < -0.39 is 10.0 Å². The molecular formula is C34H43N5O5S. The van der Waals surface area contributed by atoms with Crippen LogP contribution in [0.3, 0.4) is 0 Å². The Balaban J connectivity index is 1.50. The molecule has 2 N–H and O–H groups in total. The number of fused-ring (bicyclic) bond motifs is 4. The normalized spacial score (nSPS) is 21.2. The fraction of sp³-hybridized carbons (Fsp3) is 0.500. The number of methoxy groups -OCH3 is 1. The van der Waals surface area contributed by atoms with Crippen molar-refractivity contribution < 1.29 is 22.7 Å². The second kappa shape index (κ2) is 12.2. The van der Waals surface area contributed by atoms with Gasteiger partial charge >= 0.3 is 0 Å². The van der Waals surface area contributed by atoms with Gasteiger partial charge < -0.3 is 19.7 Å². The maximum atomic E-state index is 14.4. The van der Waals surface area contributed by atoms with Gasteiger partial charge in [-0.3, -0.25) is 4.79 Å². The average Bonchev–Trinajstić information content (AvgIpc) is 2.98. The summed E-state index contributed by atoms with van der Waals surface area (Å²) in [5.74, 6) is 0.389. The van der Waals surface area contributed by atoms with Crippen LogP contribution in [0.1, 0.15) is 67.4 Å². The molecule has 11 heteroatoms. The summed E-state index contributed by atoms with van der Waals surface area (Å²) in [6, 6.07) is 11.9. The van der Waals surface area contributed by atoms with Crippen LogP contribution in [0, 0.1) is 25.2 Å². The molecule has 3 heterocycles. The molecule has 45 heavy (non-hydrogen) atoms. The predicted octanol–water partition coefficient (Wildman–Crippen LogP) is 5.35. The first kappa shape index (κ1) is 31.3. The molecule has 6 rings (SSSR count). The molecule has 2 aliphatic heterocycles. The van der Waals surface area contributed by atoms with E-state index in [0.29, 0.717) is 23.4 Å². The highest BCUT2D eigenvalue weighted by atomic mass is 32.2. The highest BCUT2D eigenvalue weighted by molar-refractivity contribution is 7.92. The van der Waals surface area contributed by atoms with E-state index in [0.717, 1.165) is 55.5 Å². The van der Waals surface area contributed by atoms with E-state index >= 15 is 0 Å². The van der Waals surface area contributed by atoms with Gasteiger partial charge in [0.1, 0.15) is 12.3 Å². The minimum Gasteiger partial charge on any atom is -0.490 e. The summed E-state index contributed by atoms with van der Waals surface area (Å²) >= 11 is 0. The molecule has 240 valence electrons. The number of amides is 1. The smallest absolute Gasteiger partial charge is 0.264 e. The number of benzene rings is 2. The van der Waals surface area contributed by atoms with Crippen LogP contribution in [-0.2, 0) is 10.0 Å². The zero-order valence-electron chi connectivity index (χ0n) is 26.7. The van der Waals surface area contributed by atoms with Crippen molar-refractivity contribution in [3.8, 4) is 22.9 Å². The number of sulfonamides is 1. The molecule has 3 aromatic rings. The third-order valence-electron chi connectivity index (χ3n) is 9.55. The van der Waals surface area contributed by atoms with E-state index in [1.807, 2.05) is 36.9 Å².